The van der Waals surface area contributed by atoms with E-state index in [2.05, 4.69) is 0 Å². The van der Waals surface area contributed by atoms with E-state index in [0.29, 0.717) is 43.1 Å². The van der Waals surface area contributed by atoms with Crippen LogP contribution in [0.1, 0.15) is 31.8 Å². The molecule has 0 radical (unpaired) electrons. The lowest BCUT2D eigenvalue weighted by Crippen LogP contribution is -2.12. The zero-order chi connectivity index (χ0) is 15.8. The van der Waals surface area contributed by atoms with Crippen LogP contribution in [0.3, 0.4) is 0 Å². The summed E-state index contributed by atoms with van der Waals surface area (Å²) in [6.45, 7) is 0. The van der Waals surface area contributed by atoms with Crippen molar-refractivity contribution in [1.29, 1.82) is 0 Å². The molecule has 0 bridgehead atoms. The Hall–Kier alpha value is -1.32. The minimum atomic E-state index is -0.344. The molecule has 0 N–H and O–H groups in total. The summed E-state index contributed by atoms with van der Waals surface area (Å²) >= 11 is 24.5. The molecular weight excluding hydrogens is 366 g/mol. The first-order valence-electron chi connectivity index (χ1n) is 6.22. The number of rotatable bonds is 0. The van der Waals surface area contributed by atoms with Gasteiger partial charge in [0.25, 0.3) is 0 Å². The van der Waals surface area contributed by atoms with E-state index in [1.165, 1.54) is 24.3 Å². The molecule has 0 fully saturated rings. The minimum absolute atomic E-state index is 0.0595. The Morgan fingerprint density at radius 3 is 1.36 bits per heavy atom. The van der Waals surface area contributed by atoms with Crippen LogP contribution < -0.4 is 0 Å². The van der Waals surface area contributed by atoms with Crippen LogP contribution in [0.15, 0.2) is 22.2 Å². The van der Waals surface area contributed by atoms with Crippen LogP contribution in [-0.4, -0.2) is 11.6 Å². The number of halogens is 4. The zero-order valence-corrected chi connectivity index (χ0v) is 13.7. The van der Waals surface area contributed by atoms with Crippen molar-refractivity contribution in [3.8, 4) is 0 Å². The number of hydrogen-bond acceptors (Lipinski definition) is 2. The van der Waals surface area contributed by atoms with Crippen molar-refractivity contribution in [3.05, 3.63) is 54.5 Å². The predicted molar refractivity (Wildman–Crippen MR) is 90.3 cm³/mol. The molecule has 2 aliphatic carbocycles. The third kappa shape index (κ3) is 1.70. The summed E-state index contributed by atoms with van der Waals surface area (Å²) in [5.41, 5.74) is 1.90. The van der Waals surface area contributed by atoms with Gasteiger partial charge in [0, 0.05) is 43.1 Å². The fourth-order valence-electron chi connectivity index (χ4n) is 2.90. The molecule has 0 atom stereocenters. The SMILES string of the molecule is O=C1C(Cl)=Cc2c(Cl)cc3c4c(c(Cl)cc1c24)C=C(Cl)C3=O. The molecule has 0 amide bonds. The second-order valence-electron chi connectivity index (χ2n) is 5.03. The monoisotopic (exact) mass is 368 g/mol. The molecule has 0 aromatic heterocycles. The average molecular weight is 370 g/mol. The van der Waals surface area contributed by atoms with Crippen LogP contribution in [0, 0.1) is 0 Å². The van der Waals surface area contributed by atoms with Gasteiger partial charge in [-0.1, -0.05) is 46.4 Å². The highest BCUT2D eigenvalue weighted by Gasteiger charge is 2.31. The van der Waals surface area contributed by atoms with Crippen molar-refractivity contribution in [2.75, 3.05) is 0 Å². The van der Waals surface area contributed by atoms with Crippen molar-refractivity contribution in [1.82, 2.24) is 0 Å². The quantitative estimate of drug-likeness (QED) is 0.596. The molecule has 0 unspecified atom stereocenters. The summed E-state index contributed by atoms with van der Waals surface area (Å²) in [7, 11) is 0. The van der Waals surface area contributed by atoms with E-state index in [0.717, 1.165) is 0 Å². The molecule has 2 aromatic carbocycles. The van der Waals surface area contributed by atoms with Gasteiger partial charge in [0.15, 0.2) is 0 Å². The topological polar surface area (TPSA) is 34.1 Å². The molecule has 6 heteroatoms. The number of allylic oxidation sites excluding steroid dienone is 2. The maximum atomic E-state index is 12.3. The molecule has 0 aliphatic heterocycles. The van der Waals surface area contributed by atoms with Gasteiger partial charge in [0.2, 0.25) is 11.6 Å². The van der Waals surface area contributed by atoms with Gasteiger partial charge in [-0.25, -0.2) is 0 Å². The van der Waals surface area contributed by atoms with Crippen LogP contribution in [0.2, 0.25) is 10.0 Å². The lowest BCUT2D eigenvalue weighted by Gasteiger charge is -2.22. The Labute approximate surface area is 144 Å². The molecule has 2 aromatic rings. The van der Waals surface area contributed by atoms with Crippen LogP contribution in [0.25, 0.3) is 22.9 Å². The molecule has 0 spiro atoms. The number of carbonyl (C=O) groups excluding carboxylic acids is 2. The first-order valence-corrected chi connectivity index (χ1v) is 7.74. The van der Waals surface area contributed by atoms with E-state index in [-0.39, 0.29) is 21.6 Å². The Balaban J connectivity index is 2.34. The van der Waals surface area contributed by atoms with Gasteiger partial charge in [-0.05, 0) is 24.3 Å². The van der Waals surface area contributed by atoms with E-state index in [1.807, 2.05) is 0 Å². The number of carbonyl (C=O) groups is 2. The first kappa shape index (κ1) is 14.3. The van der Waals surface area contributed by atoms with Crippen LogP contribution in [-0.2, 0) is 0 Å². The van der Waals surface area contributed by atoms with Gasteiger partial charge in [-0.3, -0.25) is 9.59 Å². The van der Waals surface area contributed by atoms with Crippen LogP contribution in [0.4, 0.5) is 0 Å². The van der Waals surface area contributed by atoms with Crippen LogP contribution in [0.5, 0.6) is 0 Å². The molecule has 2 aliphatic rings. The first-order chi connectivity index (χ1) is 10.4. The summed E-state index contributed by atoms with van der Waals surface area (Å²) in [5, 5.41) is 1.97. The second kappa shape index (κ2) is 4.59. The largest absolute Gasteiger partial charge is 0.288 e. The van der Waals surface area contributed by atoms with Gasteiger partial charge in [0.1, 0.15) is 0 Å². The van der Waals surface area contributed by atoms with Gasteiger partial charge in [-0.2, -0.15) is 0 Å². The highest BCUT2D eigenvalue weighted by Crippen LogP contribution is 2.45. The summed E-state index contributed by atoms with van der Waals surface area (Å²) < 4.78 is 0. The van der Waals surface area contributed by atoms with Crippen LogP contribution >= 0.6 is 46.4 Å². The van der Waals surface area contributed by atoms with E-state index in [1.54, 1.807) is 0 Å². The molecule has 22 heavy (non-hydrogen) atoms. The van der Waals surface area contributed by atoms with E-state index >= 15 is 0 Å². The number of Topliss-reactive ketones (excluding diaryl/α,β-unsaturated/α-hetero) is 2. The standard InChI is InChI=1S/C16H4Cl4O2/c17-9-3-8-14-6(2-12(20)16(8)22)10(18)4-7-13(14)5(9)1-11(19)15(7)21/h1-4H. The summed E-state index contributed by atoms with van der Waals surface area (Å²) in [6, 6.07) is 3.08. The zero-order valence-electron chi connectivity index (χ0n) is 10.6. The molecule has 108 valence electrons. The molecule has 0 saturated carbocycles. The van der Waals surface area contributed by atoms with Crippen molar-refractivity contribution >= 4 is 80.9 Å². The van der Waals surface area contributed by atoms with Crippen molar-refractivity contribution in [3.63, 3.8) is 0 Å². The predicted octanol–water partition coefficient (Wildman–Crippen LogP) is 5.70. The summed E-state index contributed by atoms with van der Waals surface area (Å²) in [5.74, 6) is -0.687. The highest BCUT2D eigenvalue weighted by molar-refractivity contribution is 6.53. The third-order valence-electron chi connectivity index (χ3n) is 3.85. The van der Waals surface area contributed by atoms with Gasteiger partial charge in [-0.15, -0.1) is 0 Å². The van der Waals surface area contributed by atoms with Gasteiger partial charge >= 0.3 is 0 Å². The fourth-order valence-corrected chi connectivity index (χ4v) is 3.84. The maximum Gasteiger partial charge on any atom is 0.205 e. The van der Waals surface area contributed by atoms with Crippen molar-refractivity contribution in [2.24, 2.45) is 0 Å². The smallest absolute Gasteiger partial charge is 0.205 e. The number of benzene rings is 2. The fraction of sp³-hybridized carbons (Fsp3) is 0. The molecule has 2 nitrogen and oxygen atoms in total. The lowest BCUT2D eigenvalue weighted by atomic mass is 9.84. The lowest BCUT2D eigenvalue weighted by molar-refractivity contribution is 0.103. The Morgan fingerprint density at radius 1 is 0.636 bits per heavy atom. The second-order valence-corrected chi connectivity index (χ2v) is 6.66. The molecular formula is C16H4Cl4O2. The van der Waals surface area contributed by atoms with E-state index in [9.17, 15) is 9.59 Å². The molecule has 4 rings (SSSR count). The Bertz CT molecular complexity index is 918. The molecule has 0 heterocycles. The number of hydrogen-bond donors (Lipinski definition) is 0. The van der Waals surface area contributed by atoms with E-state index < -0.39 is 0 Å². The Morgan fingerprint density at radius 2 is 1.00 bits per heavy atom. The normalized spacial score (nSPS) is 16.0. The minimum Gasteiger partial charge on any atom is -0.288 e. The maximum absolute atomic E-state index is 12.3. The van der Waals surface area contributed by atoms with Crippen molar-refractivity contribution in [2.45, 2.75) is 0 Å². The van der Waals surface area contributed by atoms with E-state index in [4.69, 9.17) is 46.4 Å². The highest BCUT2D eigenvalue weighted by atomic mass is 35.5. The van der Waals surface area contributed by atoms with Gasteiger partial charge < -0.3 is 0 Å². The molecule has 0 saturated heterocycles. The summed E-state index contributed by atoms with van der Waals surface area (Å²) in [6.07, 6.45) is 3.03. The van der Waals surface area contributed by atoms with Crippen molar-refractivity contribution < 1.29 is 9.59 Å². The van der Waals surface area contributed by atoms with Gasteiger partial charge in [0.05, 0.1) is 10.1 Å². The third-order valence-corrected chi connectivity index (χ3v) is 5.04. The summed E-state index contributed by atoms with van der Waals surface area (Å²) in [4.78, 5) is 24.6. The average Bonchev–Trinajstić information content (AvgIpc) is 2.47. The Kier molecular flexibility index (Phi) is 2.98. The number of ketones is 2.